The molecule has 1 atom stereocenters. The van der Waals surface area contributed by atoms with Crippen LogP contribution in [0.25, 0.3) is 0 Å². The zero-order valence-corrected chi connectivity index (χ0v) is 15.0. The van der Waals surface area contributed by atoms with Gasteiger partial charge >= 0.3 is 0 Å². The van der Waals surface area contributed by atoms with Crippen molar-refractivity contribution in [2.24, 2.45) is 0 Å². The van der Waals surface area contributed by atoms with Gasteiger partial charge in [-0.15, -0.1) is 0 Å². The summed E-state index contributed by atoms with van der Waals surface area (Å²) in [7, 11) is 0. The average molecular weight is 339 g/mol. The standard InChI is InChI=1S/C21H25NO3/c1-15-6-8-18(9-7-15)16(2)22-21(24)5-4-14-25-20-12-10-19(11-13-20)17(3)23/h6-13,16H,4-5,14H2,1-3H3,(H,22,24). The van der Waals surface area contributed by atoms with E-state index in [1.807, 2.05) is 38.1 Å². The summed E-state index contributed by atoms with van der Waals surface area (Å²) in [4.78, 5) is 23.2. The van der Waals surface area contributed by atoms with Crippen molar-refractivity contribution in [3.63, 3.8) is 0 Å². The Hall–Kier alpha value is -2.62. The molecular weight excluding hydrogens is 314 g/mol. The van der Waals surface area contributed by atoms with Crippen LogP contribution in [0.2, 0.25) is 0 Å². The van der Waals surface area contributed by atoms with Crippen molar-refractivity contribution < 1.29 is 14.3 Å². The summed E-state index contributed by atoms with van der Waals surface area (Å²) in [5.74, 6) is 0.757. The molecule has 0 aliphatic rings. The summed E-state index contributed by atoms with van der Waals surface area (Å²) in [6, 6.07) is 15.2. The summed E-state index contributed by atoms with van der Waals surface area (Å²) >= 11 is 0. The lowest BCUT2D eigenvalue weighted by Gasteiger charge is -2.14. The normalized spacial score (nSPS) is 11.6. The van der Waals surface area contributed by atoms with Crippen molar-refractivity contribution in [3.8, 4) is 5.75 Å². The van der Waals surface area contributed by atoms with E-state index in [9.17, 15) is 9.59 Å². The molecule has 0 aliphatic heterocycles. The minimum Gasteiger partial charge on any atom is -0.494 e. The van der Waals surface area contributed by atoms with Crippen LogP contribution in [-0.4, -0.2) is 18.3 Å². The van der Waals surface area contributed by atoms with Gasteiger partial charge in [-0.3, -0.25) is 9.59 Å². The summed E-state index contributed by atoms with van der Waals surface area (Å²) in [5, 5.41) is 3.00. The highest BCUT2D eigenvalue weighted by atomic mass is 16.5. The molecular formula is C21H25NO3. The molecule has 0 aromatic heterocycles. The maximum atomic E-state index is 12.0. The van der Waals surface area contributed by atoms with Crippen molar-refractivity contribution >= 4 is 11.7 Å². The first-order valence-corrected chi connectivity index (χ1v) is 8.55. The number of ketones is 1. The third-order valence-corrected chi connectivity index (χ3v) is 4.03. The molecule has 1 N–H and O–H groups in total. The van der Waals surface area contributed by atoms with Gasteiger partial charge in [0.05, 0.1) is 12.6 Å². The first-order chi connectivity index (χ1) is 12.0. The van der Waals surface area contributed by atoms with E-state index in [4.69, 9.17) is 4.74 Å². The van der Waals surface area contributed by atoms with Crippen LogP contribution in [0.3, 0.4) is 0 Å². The monoisotopic (exact) mass is 339 g/mol. The number of hydrogen-bond donors (Lipinski definition) is 1. The van der Waals surface area contributed by atoms with Crippen LogP contribution in [0.4, 0.5) is 0 Å². The minimum absolute atomic E-state index is 0.00635. The summed E-state index contributed by atoms with van der Waals surface area (Å²) in [6.07, 6.45) is 1.06. The van der Waals surface area contributed by atoms with Crippen molar-refractivity contribution in [1.29, 1.82) is 0 Å². The van der Waals surface area contributed by atoms with Crippen molar-refractivity contribution in [2.45, 2.75) is 39.7 Å². The molecule has 0 heterocycles. The second-order valence-electron chi connectivity index (χ2n) is 6.23. The Balaban J connectivity index is 1.69. The predicted molar refractivity (Wildman–Crippen MR) is 98.9 cm³/mol. The maximum absolute atomic E-state index is 12.0. The SMILES string of the molecule is CC(=O)c1ccc(OCCCC(=O)NC(C)c2ccc(C)cc2)cc1. The summed E-state index contributed by atoms with van der Waals surface area (Å²) in [6.45, 7) is 6.02. The van der Waals surface area contributed by atoms with Crippen LogP contribution in [-0.2, 0) is 4.79 Å². The Morgan fingerprint density at radius 2 is 1.68 bits per heavy atom. The molecule has 0 radical (unpaired) electrons. The predicted octanol–water partition coefficient (Wildman–Crippen LogP) is 4.23. The number of ether oxygens (including phenoxy) is 1. The van der Waals surface area contributed by atoms with Gasteiger partial charge in [-0.1, -0.05) is 29.8 Å². The van der Waals surface area contributed by atoms with Crippen LogP contribution in [0.15, 0.2) is 48.5 Å². The molecule has 0 spiro atoms. The van der Waals surface area contributed by atoms with Gasteiger partial charge < -0.3 is 10.1 Å². The molecule has 1 unspecified atom stereocenters. The molecule has 4 heteroatoms. The highest BCUT2D eigenvalue weighted by molar-refractivity contribution is 5.94. The van der Waals surface area contributed by atoms with Gasteiger partial charge in [0.25, 0.3) is 0 Å². The molecule has 2 rings (SSSR count). The Kier molecular flexibility index (Phi) is 6.75. The van der Waals surface area contributed by atoms with Crippen LogP contribution in [0.5, 0.6) is 5.75 Å². The van der Waals surface area contributed by atoms with Crippen molar-refractivity contribution in [1.82, 2.24) is 5.32 Å². The lowest BCUT2D eigenvalue weighted by Crippen LogP contribution is -2.26. The lowest BCUT2D eigenvalue weighted by atomic mass is 10.1. The van der Waals surface area contributed by atoms with E-state index < -0.39 is 0 Å². The highest BCUT2D eigenvalue weighted by Crippen LogP contribution is 2.14. The first-order valence-electron chi connectivity index (χ1n) is 8.55. The fourth-order valence-corrected chi connectivity index (χ4v) is 2.46. The van der Waals surface area contributed by atoms with Gasteiger partial charge in [0.15, 0.2) is 5.78 Å². The number of hydrogen-bond acceptors (Lipinski definition) is 3. The molecule has 0 saturated heterocycles. The fourth-order valence-electron chi connectivity index (χ4n) is 2.46. The number of benzene rings is 2. The van der Waals surface area contributed by atoms with Gasteiger partial charge in [0, 0.05) is 12.0 Å². The molecule has 0 saturated carbocycles. The molecule has 0 fully saturated rings. The van der Waals surface area contributed by atoms with E-state index in [0.29, 0.717) is 30.8 Å². The smallest absolute Gasteiger partial charge is 0.220 e. The Bertz CT molecular complexity index is 705. The number of carbonyl (C=O) groups excluding carboxylic acids is 2. The molecule has 2 aromatic rings. The molecule has 132 valence electrons. The molecule has 4 nitrogen and oxygen atoms in total. The molecule has 2 aromatic carbocycles. The van der Waals surface area contributed by atoms with E-state index >= 15 is 0 Å². The van der Waals surface area contributed by atoms with Crippen LogP contribution in [0.1, 0.15) is 54.2 Å². The lowest BCUT2D eigenvalue weighted by molar-refractivity contribution is -0.121. The number of rotatable bonds is 8. The van der Waals surface area contributed by atoms with E-state index in [1.54, 1.807) is 24.3 Å². The minimum atomic E-state index is -0.00635. The maximum Gasteiger partial charge on any atom is 0.220 e. The Labute approximate surface area is 149 Å². The van der Waals surface area contributed by atoms with Crippen molar-refractivity contribution in [3.05, 3.63) is 65.2 Å². The molecule has 1 amide bonds. The van der Waals surface area contributed by atoms with Gasteiger partial charge in [0.2, 0.25) is 5.91 Å². The second kappa shape index (κ2) is 9.02. The van der Waals surface area contributed by atoms with Gasteiger partial charge in [-0.2, -0.15) is 0 Å². The van der Waals surface area contributed by atoms with E-state index in [2.05, 4.69) is 5.32 Å². The number of Topliss-reactive ketones (excluding diaryl/α,β-unsaturated/α-hetero) is 1. The zero-order chi connectivity index (χ0) is 18.2. The van der Waals surface area contributed by atoms with Gasteiger partial charge in [-0.05, 0) is 57.0 Å². The highest BCUT2D eigenvalue weighted by Gasteiger charge is 2.09. The zero-order valence-electron chi connectivity index (χ0n) is 15.0. The quantitative estimate of drug-likeness (QED) is 0.578. The van der Waals surface area contributed by atoms with Crippen LogP contribution < -0.4 is 10.1 Å². The second-order valence-corrected chi connectivity index (χ2v) is 6.23. The van der Waals surface area contributed by atoms with Crippen LogP contribution >= 0.6 is 0 Å². The largest absolute Gasteiger partial charge is 0.494 e. The fraction of sp³-hybridized carbons (Fsp3) is 0.333. The molecule has 0 aliphatic carbocycles. The number of aryl methyl sites for hydroxylation is 1. The van der Waals surface area contributed by atoms with E-state index in [-0.39, 0.29) is 17.7 Å². The Morgan fingerprint density at radius 1 is 1.04 bits per heavy atom. The average Bonchev–Trinajstić information content (AvgIpc) is 2.59. The summed E-state index contributed by atoms with van der Waals surface area (Å²) < 4.78 is 5.60. The number of nitrogens with one attached hydrogen (secondary N) is 1. The molecule has 0 bridgehead atoms. The number of amides is 1. The number of carbonyl (C=O) groups is 2. The first kappa shape index (κ1) is 18.7. The van der Waals surface area contributed by atoms with Gasteiger partial charge in [0.1, 0.15) is 5.75 Å². The van der Waals surface area contributed by atoms with Crippen molar-refractivity contribution in [2.75, 3.05) is 6.61 Å². The third-order valence-electron chi connectivity index (χ3n) is 4.03. The van der Waals surface area contributed by atoms with E-state index in [1.165, 1.54) is 12.5 Å². The van der Waals surface area contributed by atoms with Gasteiger partial charge in [-0.25, -0.2) is 0 Å². The molecule has 25 heavy (non-hydrogen) atoms. The third kappa shape index (κ3) is 6.07. The topological polar surface area (TPSA) is 55.4 Å². The van der Waals surface area contributed by atoms with Crippen LogP contribution in [0, 0.1) is 6.92 Å². The van der Waals surface area contributed by atoms with E-state index in [0.717, 1.165) is 5.56 Å². The summed E-state index contributed by atoms with van der Waals surface area (Å²) in [5.41, 5.74) is 2.97. The Morgan fingerprint density at radius 3 is 2.28 bits per heavy atom.